The number of thioether (sulfide) groups is 1. The Morgan fingerprint density at radius 2 is 1.92 bits per heavy atom. The fraction of sp³-hybridized carbons (Fsp3) is 0.0588. The number of hydrogen-bond donors (Lipinski definition) is 0. The van der Waals surface area contributed by atoms with Gasteiger partial charge in [0.1, 0.15) is 5.75 Å². The summed E-state index contributed by atoms with van der Waals surface area (Å²) in [6.45, 7) is 0. The van der Waals surface area contributed by atoms with Crippen LogP contribution in [0.25, 0.3) is 6.08 Å². The van der Waals surface area contributed by atoms with Crippen LogP contribution in [0.1, 0.15) is 5.56 Å². The van der Waals surface area contributed by atoms with Crippen LogP contribution >= 0.6 is 58.8 Å². The minimum absolute atomic E-state index is 0.243. The van der Waals surface area contributed by atoms with E-state index in [0.717, 1.165) is 0 Å². The van der Waals surface area contributed by atoms with Gasteiger partial charge >= 0.3 is 0 Å². The first-order valence-corrected chi connectivity index (χ1v) is 9.33. The van der Waals surface area contributed by atoms with Gasteiger partial charge in [0.05, 0.1) is 32.8 Å². The molecule has 1 heterocycles. The molecule has 0 N–H and O–H groups in total. The highest BCUT2D eigenvalue weighted by Crippen LogP contribution is 2.39. The Labute approximate surface area is 169 Å². The fourth-order valence-electron chi connectivity index (χ4n) is 2.26. The molecule has 0 bridgehead atoms. The predicted molar refractivity (Wildman–Crippen MR) is 110 cm³/mol. The number of benzene rings is 2. The second kappa shape index (κ2) is 7.56. The summed E-state index contributed by atoms with van der Waals surface area (Å²) >= 11 is 24.9. The maximum absolute atomic E-state index is 12.8. The lowest BCUT2D eigenvalue weighted by atomic mass is 10.2. The Kier molecular flexibility index (Phi) is 5.61. The minimum Gasteiger partial charge on any atom is -0.495 e. The van der Waals surface area contributed by atoms with E-state index in [1.807, 2.05) is 0 Å². The van der Waals surface area contributed by atoms with Crippen molar-refractivity contribution in [3.05, 3.63) is 61.9 Å². The molecule has 3 rings (SSSR count). The Morgan fingerprint density at radius 3 is 2.60 bits per heavy atom. The van der Waals surface area contributed by atoms with E-state index in [2.05, 4.69) is 0 Å². The summed E-state index contributed by atoms with van der Waals surface area (Å²) < 4.78 is 5.54. The van der Waals surface area contributed by atoms with Crippen LogP contribution < -0.4 is 9.64 Å². The zero-order valence-corrected chi connectivity index (χ0v) is 16.7. The molecule has 25 heavy (non-hydrogen) atoms. The molecule has 1 aliphatic rings. The second-order valence-electron chi connectivity index (χ2n) is 4.98. The third-order valence-corrected chi connectivity index (χ3v) is 5.89. The predicted octanol–water partition coefficient (Wildman–Crippen LogP) is 6.06. The van der Waals surface area contributed by atoms with E-state index in [4.69, 9.17) is 51.8 Å². The maximum Gasteiger partial charge on any atom is 0.270 e. The standard InChI is InChI=1S/C17H10Cl3NO2S2/c1-23-13-6-5-10(8-12(13)19)21-16(22)14(25-17(21)24)7-9-3-2-4-11(18)15(9)20/h2-8H,1H3. The van der Waals surface area contributed by atoms with E-state index in [9.17, 15) is 4.79 Å². The highest BCUT2D eigenvalue weighted by Gasteiger charge is 2.33. The van der Waals surface area contributed by atoms with Gasteiger partial charge in [0.25, 0.3) is 5.91 Å². The number of methoxy groups -OCH3 is 1. The number of halogens is 3. The van der Waals surface area contributed by atoms with E-state index in [0.29, 0.717) is 41.3 Å². The van der Waals surface area contributed by atoms with Crippen molar-refractivity contribution < 1.29 is 9.53 Å². The molecule has 0 atom stereocenters. The number of anilines is 1. The summed E-state index contributed by atoms with van der Waals surface area (Å²) in [4.78, 5) is 14.7. The zero-order chi connectivity index (χ0) is 18.1. The first-order chi connectivity index (χ1) is 11.9. The van der Waals surface area contributed by atoms with Crippen molar-refractivity contribution in [2.75, 3.05) is 12.0 Å². The van der Waals surface area contributed by atoms with Gasteiger partial charge in [0.15, 0.2) is 4.32 Å². The lowest BCUT2D eigenvalue weighted by Crippen LogP contribution is -2.27. The van der Waals surface area contributed by atoms with Gasteiger partial charge in [-0.25, -0.2) is 0 Å². The topological polar surface area (TPSA) is 29.5 Å². The summed E-state index contributed by atoms with van der Waals surface area (Å²) in [6.07, 6.45) is 1.68. The average Bonchev–Trinajstić information content (AvgIpc) is 2.85. The highest BCUT2D eigenvalue weighted by atomic mass is 35.5. The molecule has 128 valence electrons. The van der Waals surface area contributed by atoms with E-state index in [-0.39, 0.29) is 5.91 Å². The number of ether oxygens (including phenoxy) is 1. The van der Waals surface area contributed by atoms with Gasteiger partial charge < -0.3 is 4.74 Å². The third kappa shape index (κ3) is 3.66. The summed E-state index contributed by atoms with van der Waals surface area (Å²) in [5, 5.41) is 1.21. The van der Waals surface area contributed by atoms with Crippen LogP contribution in [0.4, 0.5) is 5.69 Å². The van der Waals surface area contributed by atoms with Crippen molar-refractivity contribution in [2.45, 2.75) is 0 Å². The van der Waals surface area contributed by atoms with Gasteiger partial charge in [0, 0.05) is 0 Å². The smallest absolute Gasteiger partial charge is 0.270 e. The summed E-state index contributed by atoms with van der Waals surface area (Å²) in [6, 6.07) is 10.3. The first-order valence-electron chi connectivity index (χ1n) is 6.98. The van der Waals surface area contributed by atoms with Gasteiger partial charge in [-0.3, -0.25) is 9.69 Å². The molecule has 0 aliphatic carbocycles. The van der Waals surface area contributed by atoms with Gasteiger partial charge in [0.2, 0.25) is 0 Å². The normalized spacial score (nSPS) is 16.0. The highest BCUT2D eigenvalue weighted by molar-refractivity contribution is 8.27. The van der Waals surface area contributed by atoms with E-state index in [1.165, 1.54) is 23.8 Å². The Hall–Kier alpha value is -1.24. The molecule has 0 spiro atoms. The number of thiocarbonyl (C=S) groups is 1. The van der Waals surface area contributed by atoms with E-state index < -0.39 is 0 Å². The minimum atomic E-state index is -0.243. The first kappa shape index (κ1) is 18.5. The van der Waals surface area contributed by atoms with Crippen LogP contribution in [0.15, 0.2) is 41.3 Å². The molecule has 1 fully saturated rings. The molecule has 0 saturated carbocycles. The molecule has 3 nitrogen and oxygen atoms in total. The van der Waals surface area contributed by atoms with Crippen LogP contribution in [-0.2, 0) is 4.79 Å². The molecule has 2 aromatic carbocycles. The molecule has 1 saturated heterocycles. The van der Waals surface area contributed by atoms with Crippen molar-refractivity contribution in [1.82, 2.24) is 0 Å². The molecular weight excluding hydrogens is 421 g/mol. The summed E-state index contributed by atoms with van der Waals surface area (Å²) in [5.74, 6) is 0.282. The fourth-order valence-corrected chi connectivity index (χ4v) is 4.16. The summed E-state index contributed by atoms with van der Waals surface area (Å²) in [5.41, 5.74) is 1.23. The van der Waals surface area contributed by atoms with Crippen molar-refractivity contribution in [3.8, 4) is 5.75 Å². The van der Waals surface area contributed by atoms with Crippen LogP contribution in [0.5, 0.6) is 5.75 Å². The van der Waals surface area contributed by atoms with Crippen LogP contribution in [-0.4, -0.2) is 17.3 Å². The second-order valence-corrected chi connectivity index (χ2v) is 7.85. The molecular formula is C17H10Cl3NO2S2. The van der Waals surface area contributed by atoms with Crippen LogP contribution in [0.3, 0.4) is 0 Å². The number of carbonyl (C=O) groups is 1. The Morgan fingerprint density at radius 1 is 1.16 bits per heavy atom. The van der Waals surface area contributed by atoms with Gasteiger partial charge in [-0.15, -0.1) is 0 Å². The number of hydrogen-bond acceptors (Lipinski definition) is 4. The van der Waals surface area contributed by atoms with Gasteiger partial charge in [-0.1, -0.05) is 70.9 Å². The monoisotopic (exact) mass is 429 g/mol. The van der Waals surface area contributed by atoms with Crippen LogP contribution in [0.2, 0.25) is 15.1 Å². The number of carbonyl (C=O) groups excluding carboxylic acids is 1. The number of rotatable bonds is 3. The molecule has 0 aromatic heterocycles. The SMILES string of the molecule is COc1ccc(N2C(=O)C(=Cc3cccc(Cl)c3Cl)SC2=S)cc1Cl. The van der Waals surface area contributed by atoms with Crippen LogP contribution in [0, 0.1) is 0 Å². The molecule has 0 radical (unpaired) electrons. The Balaban J connectivity index is 1.96. The average molecular weight is 431 g/mol. The van der Waals surface area contributed by atoms with Gasteiger partial charge in [-0.05, 0) is 35.9 Å². The molecule has 1 amide bonds. The molecule has 1 aliphatic heterocycles. The number of nitrogens with zero attached hydrogens (tertiary/aromatic N) is 1. The lowest BCUT2D eigenvalue weighted by molar-refractivity contribution is -0.113. The molecule has 2 aromatic rings. The number of amides is 1. The van der Waals surface area contributed by atoms with E-state index >= 15 is 0 Å². The summed E-state index contributed by atoms with van der Waals surface area (Å²) in [7, 11) is 1.53. The third-order valence-electron chi connectivity index (χ3n) is 3.46. The van der Waals surface area contributed by atoms with Gasteiger partial charge in [-0.2, -0.15) is 0 Å². The maximum atomic E-state index is 12.8. The zero-order valence-electron chi connectivity index (χ0n) is 12.8. The van der Waals surface area contributed by atoms with Crippen molar-refractivity contribution in [3.63, 3.8) is 0 Å². The van der Waals surface area contributed by atoms with E-state index in [1.54, 1.807) is 42.5 Å². The Bertz CT molecular complexity index is 915. The van der Waals surface area contributed by atoms with Crippen molar-refractivity contribution in [2.24, 2.45) is 0 Å². The molecule has 8 heteroatoms. The van der Waals surface area contributed by atoms with Crippen molar-refractivity contribution in [1.29, 1.82) is 0 Å². The quantitative estimate of drug-likeness (QED) is 0.437. The largest absolute Gasteiger partial charge is 0.495 e. The molecule has 0 unspecified atom stereocenters. The van der Waals surface area contributed by atoms with Crippen molar-refractivity contribution >= 4 is 80.8 Å². The lowest BCUT2D eigenvalue weighted by Gasteiger charge is -2.15.